The molecular weight excluding hydrogens is 302 g/mol. The van der Waals surface area contributed by atoms with E-state index in [1.807, 2.05) is 24.3 Å². The Labute approximate surface area is 132 Å². The van der Waals surface area contributed by atoms with Gasteiger partial charge < -0.3 is 10.4 Å². The topological polar surface area (TPSA) is 83.5 Å². The standard InChI is InChI=1S/C16H21NO4S/c1-22(21)10-11-3-2-4-14(9-11)17-15(18)12-5-7-13(8-6-12)16(19)20/h2-4,9,12-13H,5-8,10H2,1H3,(H,17,18)(H,19,20). The molecule has 2 rings (SSSR count). The van der Waals surface area contributed by atoms with E-state index in [1.54, 1.807) is 6.26 Å². The minimum atomic E-state index is -0.919. The summed E-state index contributed by atoms with van der Waals surface area (Å²) in [7, 11) is -0.919. The first-order valence-electron chi connectivity index (χ1n) is 7.38. The number of hydrogen-bond acceptors (Lipinski definition) is 3. The highest BCUT2D eigenvalue weighted by atomic mass is 32.2. The Morgan fingerprint density at radius 2 is 1.86 bits per heavy atom. The first kappa shape index (κ1) is 16.7. The minimum absolute atomic E-state index is 0.0568. The van der Waals surface area contributed by atoms with Gasteiger partial charge in [-0.15, -0.1) is 0 Å². The van der Waals surface area contributed by atoms with E-state index in [4.69, 9.17) is 5.11 Å². The van der Waals surface area contributed by atoms with Gasteiger partial charge in [-0.3, -0.25) is 13.8 Å². The molecule has 5 nitrogen and oxygen atoms in total. The average Bonchev–Trinajstić information content (AvgIpc) is 2.47. The smallest absolute Gasteiger partial charge is 0.306 e. The molecule has 120 valence electrons. The molecule has 0 spiro atoms. The third-order valence-electron chi connectivity index (χ3n) is 4.01. The number of carboxylic acids is 1. The van der Waals surface area contributed by atoms with E-state index < -0.39 is 16.8 Å². The molecule has 1 atom stereocenters. The van der Waals surface area contributed by atoms with Gasteiger partial charge >= 0.3 is 5.97 Å². The number of carbonyl (C=O) groups is 2. The van der Waals surface area contributed by atoms with E-state index in [0.717, 1.165) is 5.56 Å². The van der Waals surface area contributed by atoms with Gasteiger partial charge in [-0.1, -0.05) is 12.1 Å². The van der Waals surface area contributed by atoms with Crippen molar-refractivity contribution in [3.05, 3.63) is 29.8 Å². The molecule has 0 heterocycles. The lowest BCUT2D eigenvalue weighted by atomic mass is 9.81. The molecular formula is C16H21NO4S. The van der Waals surface area contributed by atoms with Crippen molar-refractivity contribution in [3.8, 4) is 0 Å². The average molecular weight is 323 g/mol. The van der Waals surface area contributed by atoms with Crippen LogP contribution in [0.25, 0.3) is 0 Å². The van der Waals surface area contributed by atoms with Crippen LogP contribution in [0, 0.1) is 11.8 Å². The highest BCUT2D eigenvalue weighted by Crippen LogP contribution is 2.29. The van der Waals surface area contributed by atoms with Crippen LogP contribution in [0.4, 0.5) is 5.69 Å². The molecule has 1 aromatic carbocycles. The van der Waals surface area contributed by atoms with Gasteiger partial charge in [0.05, 0.1) is 5.92 Å². The number of anilines is 1. The highest BCUT2D eigenvalue weighted by Gasteiger charge is 2.29. The Bertz CT molecular complexity index is 579. The fraction of sp³-hybridized carbons (Fsp3) is 0.500. The van der Waals surface area contributed by atoms with Crippen LogP contribution >= 0.6 is 0 Å². The zero-order chi connectivity index (χ0) is 16.1. The van der Waals surface area contributed by atoms with E-state index in [0.29, 0.717) is 37.1 Å². The maximum absolute atomic E-state index is 12.3. The molecule has 1 fully saturated rings. The van der Waals surface area contributed by atoms with Crippen molar-refractivity contribution in [3.63, 3.8) is 0 Å². The molecule has 1 saturated carbocycles. The summed E-state index contributed by atoms with van der Waals surface area (Å²) < 4.78 is 11.3. The van der Waals surface area contributed by atoms with Crippen molar-refractivity contribution in [2.45, 2.75) is 31.4 Å². The van der Waals surface area contributed by atoms with Gasteiger partial charge in [0, 0.05) is 34.4 Å². The van der Waals surface area contributed by atoms with Crippen molar-refractivity contribution in [1.82, 2.24) is 0 Å². The Morgan fingerprint density at radius 1 is 1.23 bits per heavy atom. The van der Waals surface area contributed by atoms with Gasteiger partial charge in [0.2, 0.25) is 5.91 Å². The van der Waals surface area contributed by atoms with Crippen molar-refractivity contribution in [1.29, 1.82) is 0 Å². The number of aliphatic carboxylic acids is 1. The Kier molecular flexibility index (Phi) is 5.71. The quantitative estimate of drug-likeness (QED) is 0.871. The van der Waals surface area contributed by atoms with Crippen LogP contribution in [-0.4, -0.2) is 27.4 Å². The van der Waals surface area contributed by atoms with E-state index in [1.165, 1.54) is 0 Å². The van der Waals surface area contributed by atoms with Crippen molar-refractivity contribution >= 4 is 28.4 Å². The normalized spacial score (nSPS) is 22.8. The summed E-state index contributed by atoms with van der Waals surface area (Å²) in [6, 6.07) is 7.36. The number of nitrogens with one attached hydrogen (secondary N) is 1. The van der Waals surface area contributed by atoms with Crippen LogP contribution in [-0.2, 0) is 26.1 Å². The number of carboxylic acid groups (broad SMARTS) is 1. The Hall–Kier alpha value is -1.69. The second-order valence-electron chi connectivity index (χ2n) is 5.79. The largest absolute Gasteiger partial charge is 0.481 e. The number of amides is 1. The predicted octanol–water partition coefficient (Wildman–Crippen LogP) is 2.39. The van der Waals surface area contributed by atoms with E-state index in [9.17, 15) is 13.8 Å². The number of benzene rings is 1. The van der Waals surface area contributed by atoms with Gasteiger partial charge in [0.25, 0.3) is 0 Å². The third-order valence-corrected chi connectivity index (χ3v) is 4.75. The van der Waals surface area contributed by atoms with Gasteiger partial charge in [-0.2, -0.15) is 0 Å². The van der Waals surface area contributed by atoms with Crippen molar-refractivity contribution in [2.24, 2.45) is 11.8 Å². The maximum Gasteiger partial charge on any atom is 0.306 e. The number of carbonyl (C=O) groups excluding carboxylic acids is 1. The van der Waals surface area contributed by atoms with Gasteiger partial charge in [-0.05, 0) is 43.4 Å². The van der Waals surface area contributed by atoms with Crippen LogP contribution in [0.5, 0.6) is 0 Å². The predicted molar refractivity (Wildman–Crippen MR) is 85.9 cm³/mol. The lowest BCUT2D eigenvalue weighted by molar-refractivity contribution is -0.143. The van der Waals surface area contributed by atoms with Gasteiger partial charge in [0.15, 0.2) is 0 Å². The van der Waals surface area contributed by atoms with E-state index in [2.05, 4.69) is 5.32 Å². The molecule has 1 aliphatic carbocycles. The van der Waals surface area contributed by atoms with Crippen molar-refractivity contribution < 1.29 is 18.9 Å². The summed E-state index contributed by atoms with van der Waals surface area (Å²) >= 11 is 0. The summed E-state index contributed by atoms with van der Waals surface area (Å²) in [6.07, 6.45) is 3.99. The third kappa shape index (κ3) is 4.66. The number of rotatable bonds is 5. The monoisotopic (exact) mass is 323 g/mol. The summed E-state index contributed by atoms with van der Waals surface area (Å²) in [4.78, 5) is 23.2. The fourth-order valence-electron chi connectivity index (χ4n) is 2.82. The minimum Gasteiger partial charge on any atom is -0.481 e. The number of hydrogen-bond donors (Lipinski definition) is 2. The summed E-state index contributed by atoms with van der Waals surface area (Å²) in [5, 5.41) is 11.9. The van der Waals surface area contributed by atoms with Crippen LogP contribution in [0.15, 0.2) is 24.3 Å². The zero-order valence-electron chi connectivity index (χ0n) is 12.6. The molecule has 22 heavy (non-hydrogen) atoms. The van der Waals surface area contributed by atoms with Gasteiger partial charge in [-0.25, -0.2) is 0 Å². The van der Waals surface area contributed by atoms with Crippen LogP contribution in [0.3, 0.4) is 0 Å². The molecule has 6 heteroatoms. The molecule has 1 amide bonds. The molecule has 0 radical (unpaired) electrons. The first-order valence-corrected chi connectivity index (χ1v) is 9.11. The van der Waals surface area contributed by atoms with Crippen LogP contribution < -0.4 is 5.32 Å². The fourth-order valence-corrected chi connectivity index (χ4v) is 3.47. The summed E-state index contributed by atoms with van der Waals surface area (Å²) in [5.41, 5.74) is 1.63. The molecule has 0 bridgehead atoms. The van der Waals surface area contributed by atoms with Crippen LogP contribution in [0.1, 0.15) is 31.2 Å². The van der Waals surface area contributed by atoms with Crippen LogP contribution in [0.2, 0.25) is 0 Å². The second kappa shape index (κ2) is 7.54. The van der Waals surface area contributed by atoms with E-state index in [-0.39, 0.29) is 17.7 Å². The lowest BCUT2D eigenvalue weighted by Crippen LogP contribution is -2.29. The maximum atomic E-state index is 12.3. The molecule has 2 N–H and O–H groups in total. The van der Waals surface area contributed by atoms with Gasteiger partial charge in [0.1, 0.15) is 0 Å². The Balaban J connectivity index is 1.92. The lowest BCUT2D eigenvalue weighted by Gasteiger charge is -2.25. The zero-order valence-corrected chi connectivity index (χ0v) is 13.4. The first-order chi connectivity index (χ1) is 10.5. The molecule has 1 aliphatic rings. The van der Waals surface area contributed by atoms with Crippen molar-refractivity contribution in [2.75, 3.05) is 11.6 Å². The molecule has 0 aliphatic heterocycles. The molecule has 0 saturated heterocycles. The Morgan fingerprint density at radius 3 is 2.45 bits per heavy atom. The molecule has 1 unspecified atom stereocenters. The molecule has 1 aromatic rings. The van der Waals surface area contributed by atoms with E-state index >= 15 is 0 Å². The SMILES string of the molecule is CS(=O)Cc1cccc(NC(=O)C2CCC(C(=O)O)CC2)c1. The second-order valence-corrected chi connectivity index (χ2v) is 7.23. The summed E-state index contributed by atoms with van der Waals surface area (Å²) in [6.45, 7) is 0. The highest BCUT2D eigenvalue weighted by molar-refractivity contribution is 7.83. The summed E-state index contributed by atoms with van der Waals surface area (Å²) in [5.74, 6) is -0.794. The molecule has 0 aromatic heterocycles.